The van der Waals surface area contributed by atoms with Crippen molar-refractivity contribution in [2.24, 2.45) is 0 Å². The highest BCUT2D eigenvalue weighted by molar-refractivity contribution is 9.10. The molecule has 2 aliphatic heterocycles. The van der Waals surface area contributed by atoms with E-state index in [4.69, 9.17) is 14.2 Å². The highest BCUT2D eigenvalue weighted by Crippen LogP contribution is 2.31. The maximum atomic E-state index is 9.61. The summed E-state index contributed by atoms with van der Waals surface area (Å²) in [5.74, 6) is 0.659. The molecular formula is C11H12BrNO4. The number of fused-ring (bicyclic) bond motifs is 1. The van der Waals surface area contributed by atoms with Gasteiger partial charge in [0, 0.05) is 6.20 Å². The predicted octanol–water partition coefficient (Wildman–Crippen LogP) is 0.750. The van der Waals surface area contributed by atoms with Crippen LogP contribution in [0.5, 0.6) is 5.75 Å². The number of aliphatic hydroxyl groups is 1. The Bertz CT molecular complexity index is 416. The van der Waals surface area contributed by atoms with Gasteiger partial charge in [-0.15, -0.1) is 0 Å². The highest BCUT2D eigenvalue weighted by Gasteiger charge is 2.48. The Morgan fingerprint density at radius 2 is 2.18 bits per heavy atom. The lowest BCUT2D eigenvalue weighted by Crippen LogP contribution is -2.34. The molecule has 4 atom stereocenters. The Hall–Kier alpha value is -0.690. The van der Waals surface area contributed by atoms with Gasteiger partial charge >= 0.3 is 0 Å². The summed E-state index contributed by atoms with van der Waals surface area (Å²) in [6.07, 6.45) is 0.469. The van der Waals surface area contributed by atoms with Crippen LogP contribution in [0, 0.1) is 0 Å². The van der Waals surface area contributed by atoms with Gasteiger partial charge in [-0.25, -0.2) is 4.98 Å². The maximum absolute atomic E-state index is 9.61. The summed E-state index contributed by atoms with van der Waals surface area (Å²) in [6.45, 7) is 0.733. The molecule has 2 aliphatic rings. The van der Waals surface area contributed by atoms with E-state index in [2.05, 4.69) is 20.9 Å². The molecule has 92 valence electrons. The van der Waals surface area contributed by atoms with Gasteiger partial charge in [-0.3, -0.25) is 0 Å². The Labute approximate surface area is 107 Å². The summed E-state index contributed by atoms with van der Waals surface area (Å²) in [5, 5.41) is 9.61. The smallest absolute Gasteiger partial charge is 0.152 e. The van der Waals surface area contributed by atoms with Crippen molar-refractivity contribution in [2.45, 2.75) is 24.4 Å². The quantitative estimate of drug-likeness (QED) is 0.817. The number of rotatable bonds is 2. The zero-order valence-electron chi connectivity index (χ0n) is 8.95. The van der Waals surface area contributed by atoms with Crippen molar-refractivity contribution in [3.05, 3.63) is 22.9 Å². The van der Waals surface area contributed by atoms with Crippen molar-refractivity contribution >= 4 is 15.9 Å². The zero-order valence-corrected chi connectivity index (χ0v) is 10.5. The largest absolute Gasteiger partial charge is 0.482 e. The summed E-state index contributed by atoms with van der Waals surface area (Å²) < 4.78 is 17.4. The Morgan fingerprint density at radius 3 is 3.00 bits per heavy atom. The molecule has 0 spiro atoms. The van der Waals surface area contributed by atoms with Crippen LogP contribution in [0.1, 0.15) is 0 Å². The molecule has 0 amide bonds. The van der Waals surface area contributed by atoms with Gasteiger partial charge in [-0.05, 0) is 28.1 Å². The third-order valence-corrected chi connectivity index (χ3v) is 3.58. The second-order valence-corrected chi connectivity index (χ2v) is 4.86. The molecule has 0 aromatic carbocycles. The minimum atomic E-state index is -0.550. The van der Waals surface area contributed by atoms with Gasteiger partial charge in [0.1, 0.15) is 22.9 Å². The van der Waals surface area contributed by atoms with Crippen molar-refractivity contribution in [3.8, 4) is 5.75 Å². The van der Waals surface area contributed by atoms with Crippen LogP contribution in [0.2, 0.25) is 0 Å². The van der Waals surface area contributed by atoms with E-state index in [1.165, 1.54) is 0 Å². The van der Waals surface area contributed by atoms with E-state index in [-0.39, 0.29) is 18.3 Å². The predicted molar refractivity (Wildman–Crippen MR) is 61.8 cm³/mol. The molecule has 0 bridgehead atoms. The molecule has 6 heteroatoms. The van der Waals surface area contributed by atoms with Crippen LogP contribution >= 0.6 is 15.9 Å². The summed E-state index contributed by atoms with van der Waals surface area (Å²) in [4.78, 5) is 4.08. The van der Waals surface area contributed by atoms with Crippen molar-refractivity contribution in [1.29, 1.82) is 0 Å². The number of hydrogen-bond donors (Lipinski definition) is 1. The SMILES string of the molecule is O[C@@H]1CO[C@H]2[C@@H]1OC[C@@H]2Oc1cccnc1Br. The van der Waals surface area contributed by atoms with Gasteiger partial charge in [0.15, 0.2) is 11.9 Å². The number of aliphatic hydroxyl groups excluding tert-OH is 1. The first-order chi connectivity index (χ1) is 8.25. The van der Waals surface area contributed by atoms with Gasteiger partial charge in [-0.2, -0.15) is 0 Å². The molecule has 1 aromatic heterocycles. The molecular weight excluding hydrogens is 290 g/mol. The van der Waals surface area contributed by atoms with Crippen LogP contribution < -0.4 is 4.74 Å². The number of pyridine rings is 1. The Morgan fingerprint density at radius 1 is 1.35 bits per heavy atom. The molecule has 2 saturated heterocycles. The molecule has 1 N–H and O–H groups in total. The second kappa shape index (κ2) is 4.53. The Balaban J connectivity index is 1.73. The van der Waals surface area contributed by atoms with Crippen LogP contribution in [-0.2, 0) is 9.47 Å². The van der Waals surface area contributed by atoms with Crippen LogP contribution in [0.4, 0.5) is 0 Å². The molecule has 0 radical (unpaired) electrons. The summed E-state index contributed by atoms with van der Waals surface area (Å²) in [5.41, 5.74) is 0. The summed E-state index contributed by atoms with van der Waals surface area (Å²) in [6, 6.07) is 3.63. The highest BCUT2D eigenvalue weighted by atomic mass is 79.9. The van der Waals surface area contributed by atoms with Gasteiger partial charge in [0.2, 0.25) is 0 Å². The minimum Gasteiger partial charge on any atom is -0.482 e. The fraction of sp³-hybridized carbons (Fsp3) is 0.545. The van der Waals surface area contributed by atoms with Crippen molar-refractivity contribution < 1.29 is 19.3 Å². The van der Waals surface area contributed by atoms with Crippen molar-refractivity contribution in [3.63, 3.8) is 0 Å². The van der Waals surface area contributed by atoms with Gasteiger partial charge in [0.05, 0.1) is 13.2 Å². The van der Waals surface area contributed by atoms with Crippen molar-refractivity contribution in [2.75, 3.05) is 13.2 Å². The van der Waals surface area contributed by atoms with E-state index in [1.807, 2.05) is 6.07 Å². The first kappa shape index (κ1) is 11.4. The standard InChI is InChI=1S/C11H12BrNO4/c12-11-7(2-1-3-13-11)17-8-5-16-9-6(14)4-15-10(8)9/h1-3,6,8-10,14H,4-5H2/t6-,8+,9-,10-/m1/s1. The maximum Gasteiger partial charge on any atom is 0.152 e. The lowest BCUT2D eigenvalue weighted by molar-refractivity contribution is 0.00842. The molecule has 0 saturated carbocycles. The van der Waals surface area contributed by atoms with Gasteiger partial charge in [-0.1, -0.05) is 0 Å². The number of aromatic nitrogens is 1. The van der Waals surface area contributed by atoms with Crippen molar-refractivity contribution in [1.82, 2.24) is 4.98 Å². The zero-order chi connectivity index (χ0) is 11.8. The fourth-order valence-electron chi connectivity index (χ4n) is 2.17. The first-order valence-electron chi connectivity index (χ1n) is 5.44. The minimum absolute atomic E-state index is 0.197. The van der Waals surface area contributed by atoms with E-state index in [1.54, 1.807) is 12.3 Å². The van der Waals surface area contributed by atoms with Crippen LogP contribution in [0.3, 0.4) is 0 Å². The van der Waals surface area contributed by atoms with Gasteiger partial charge < -0.3 is 19.3 Å². The Kier molecular flexibility index (Phi) is 3.04. The molecule has 3 rings (SSSR count). The second-order valence-electron chi connectivity index (χ2n) is 4.11. The third-order valence-electron chi connectivity index (χ3n) is 2.99. The average Bonchev–Trinajstić information content (AvgIpc) is 2.87. The number of hydrogen-bond acceptors (Lipinski definition) is 5. The lowest BCUT2D eigenvalue weighted by Gasteiger charge is -2.18. The van der Waals surface area contributed by atoms with Crippen LogP contribution in [0.25, 0.3) is 0 Å². The van der Waals surface area contributed by atoms with Crippen LogP contribution in [0.15, 0.2) is 22.9 Å². The normalized spacial score (nSPS) is 35.9. The molecule has 17 heavy (non-hydrogen) atoms. The van der Waals surface area contributed by atoms with E-state index < -0.39 is 6.10 Å². The molecule has 0 unspecified atom stereocenters. The summed E-state index contributed by atoms with van der Waals surface area (Å²) in [7, 11) is 0. The first-order valence-corrected chi connectivity index (χ1v) is 6.23. The molecule has 0 aliphatic carbocycles. The van der Waals surface area contributed by atoms with E-state index in [9.17, 15) is 5.11 Å². The lowest BCUT2D eigenvalue weighted by atomic mass is 10.1. The molecule has 5 nitrogen and oxygen atoms in total. The van der Waals surface area contributed by atoms with E-state index in [0.717, 1.165) is 0 Å². The monoisotopic (exact) mass is 301 g/mol. The number of halogens is 1. The number of nitrogens with zero attached hydrogens (tertiary/aromatic N) is 1. The fourth-order valence-corrected chi connectivity index (χ4v) is 2.51. The van der Waals surface area contributed by atoms with E-state index in [0.29, 0.717) is 23.6 Å². The van der Waals surface area contributed by atoms with Crippen LogP contribution in [-0.4, -0.2) is 47.7 Å². The molecule has 1 aromatic rings. The van der Waals surface area contributed by atoms with Gasteiger partial charge in [0.25, 0.3) is 0 Å². The molecule has 3 heterocycles. The number of ether oxygens (including phenoxy) is 3. The average molecular weight is 302 g/mol. The van der Waals surface area contributed by atoms with E-state index >= 15 is 0 Å². The summed E-state index contributed by atoms with van der Waals surface area (Å²) >= 11 is 3.32. The third kappa shape index (κ3) is 2.06. The molecule has 2 fully saturated rings. The topological polar surface area (TPSA) is 60.8 Å².